The van der Waals surface area contributed by atoms with Crippen LogP contribution in [0.2, 0.25) is 0 Å². The number of methoxy groups -OCH3 is 1. The molecule has 0 unspecified atom stereocenters. The Morgan fingerprint density at radius 1 is 1.15 bits per heavy atom. The molecule has 0 aliphatic carbocycles. The molecule has 0 atom stereocenters. The molecule has 0 fully saturated rings. The lowest BCUT2D eigenvalue weighted by Crippen LogP contribution is -2.30. The second kappa shape index (κ2) is 6.23. The second-order valence-corrected chi connectivity index (χ2v) is 4.18. The monoisotopic (exact) mass is 271 g/mol. The summed E-state index contributed by atoms with van der Waals surface area (Å²) in [5, 5.41) is 20.9. The Labute approximate surface area is 117 Å². The van der Waals surface area contributed by atoms with Crippen LogP contribution in [0.15, 0.2) is 48.5 Å². The van der Waals surface area contributed by atoms with Crippen molar-refractivity contribution >= 4 is 24.2 Å². The van der Waals surface area contributed by atoms with Crippen LogP contribution in [0.3, 0.4) is 0 Å². The van der Waals surface area contributed by atoms with Crippen LogP contribution in [0, 0.1) is 0 Å². The average Bonchev–Trinajstić information content (AvgIpc) is 2.47. The minimum atomic E-state index is -1.56. The molecule has 0 saturated heterocycles. The van der Waals surface area contributed by atoms with Crippen molar-refractivity contribution in [3.05, 3.63) is 54.1 Å². The first-order valence-electron chi connectivity index (χ1n) is 6.01. The van der Waals surface area contributed by atoms with Gasteiger partial charge in [-0.25, -0.2) is 0 Å². The first-order valence-corrected chi connectivity index (χ1v) is 6.01. The molecule has 0 radical (unpaired) electrons. The molecule has 102 valence electrons. The summed E-state index contributed by atoms with van der Waals surface area (Å²) < 4.78 is 5.02. The van der Waals surface area contributed by atoms with E-state index in [-0.39, 0.29) is 5.91 Å². The number of ether oxygens (including phenoxy) is 1. The number of anilines is 1. The molecule has 0 aliphatic heterocycles. The minimum Gasteiger partial charge on any atom is -0.497 e. The Bertz CT molecular complexity index is 598. The smallest absolute Gasteiger partial charge is 0.488 e. The summed E-state index contributed by atoms with van der Waals surface area (Å²) in [5.74, 6) is 0.393. The van der Waals surface area contributed by atoms with Crippen LogP contribution in [-0.2, 0) is 0 Å². The summed E-state index contributed by atoms with van der Waals surface area (Å²) in [4.78, 5) is 12.0. The predicted octanol–water partition coefficient (Wildman–Crippen LogP) is 0.627. The summed E-state index contributed by atoms with van der Waals surface area (Å²) in [7, 11) is -0.00586. The van der Waals surface area contributed by atoms with Gasteiger partial charge in [0.05, 0.1) is 7.11 Å². The fourth-order valence-electron chi connectivity index (χ4n) is 1.72. The summed E-state index contributed by atoms with van der Waals surface area (Å²) in [6, 6.07) is 13.1. The van der Waals surface area contributed by atoms with E-state index < -0.39 is 7.12 Å². The zero-order chi connectivity index (χ0) is 14.5. The van der Waals surface area contributed by atoms with Crippen molar-refractivity contribution in [2.45, 2.75) is 0 Å². The highest BCUT2D eigenvalue weighted by Gasteiger charge is 2.12. The van der Waals surface area contributed by atoms with E-state index in [1.165, 1.54) is 6.07 Å². The number of hydrogen-bond donors (Lipinski definition) is 3. The van der Waals surface area contributed by atoms with E-state index >= 15 is 0 Å². The van der Waals surface area contributed by atoms with E-state index in [9.17, 15) is 4.79 Å². The molecule has 20 heavy (non-hydrogen) atoms. The minimum absolute atomic E-state index is 0.280. The van der Waals surface area contributed by atoms with Crippen LogP contribution in [0.25, 0.3) is 0 Å². The Hall–Kier alpha value is -2.31. The van der Waals surface area contributed by atoms with E-state index in [4.69, 9.17) is 14.8 Å². The van der Waals surface area contributed by atoms with Crippen LogP contribution in [-0.4, -0.2) is 30.2 Å². The van der Waals surface area contributed by atoms with Crippen molar-refractivity contribution in [1.82, 2.24) is 0 Å². The molecule has 3 N–H and O–H groups in total. The van der Waals surface area contributed by atoms with E-state index in [1.54, 1.807) is 49.6 Å². The Morgan fingerprint density at radius 3 is 2.45 bits per heavy atom. The number of carbonyl (C=O) groups is 1. The summed E-state index contributed by atoms with van der Waals surface area (Å²) in [6.07, 6.45) is 0. The molecular weight excluding hydrogens is 257 g/mol. The maximum absolute atomic E-state index is 12.0. The zero-order valence-corrected chi connectivity index (χ0v) is 10.9. The number of amides is 1. The Kier molecular flexibility index (Phi) is 4.39. The lowest BCUT2D eigenvalue weighted by molar-refractivity contribution is 0.102. The molecule has 2 rings (SSSR count). The van der Waals surface area contributed by atoms with Crippen molar-refractivity contribution in [3.63, 3.8) is 0 Å². The van der Waals surface area contributed by atoms with Gasteiger partial charge in [0.2, 0.25) is 0 Å². The molecule has 1 amide bonds. The van der Waals surface area contributed by atoms with Gasteiger partial charge in [-0.15, -0.1) is 0 Å². The molecular formula is C14H14BNO4. The normalized spacial score (nSPS) is 9.95. The number of hydrogen-bond acceptors (Lipinski definition) is 4. The van der Waals surface area contributed by atoms with E-state index in [0.717, 1.165) is 0 Å². The lowest BCUT2D eigenvalue weighted by Gasteiger charge is -2.07. The highest BCUT2D eigenvalue weighted by atomic mass is 16.5. The van der Waals surface area contributed by atoms with Gasteiger partial charge in [0.15, 0.2) is 0 Å². The van der Waals surface area contributed by atoms with Gasteiger partial charge < -0.3 is 20.1 Å². The third-order valence-corrected chi connectivity index (χ3v) is 2.79. The SMILES string of the molecule is COc1ccc(C(=O)Nc2cccc(B(O)O)c2)cc1. The average molecular weight is 271 g/mol. The lowest BCUT2D eigenvalue weighted by atomic mass is 9.80. The first-order chi connectivity index (χ1) is 9.60. The first kappa shape index (κ1) is 14.1. The van der Waals surface area contributed by atoms with Gasteiger partial charge in [-0.05, 0) is 41.9 Å². The van der Waals surface area contributed by atoms with Gasteiger partial charge in [-0.3, -0.25) is 4.79 Å². The van der Waals surface area contributed by atoms with Gasteiger partial charge >= 0.3 is 7.12 Å². The van der Waals surface area contributed by atoms with Crippen LogP contribution in [0.1, 0.15) is 10.4 Å². The van der Waals surface area contributed by atoms with Crippen molar-refractivity contribution in [3.8, 4) is 5.75 Å². The highest BCUT2D eigenvalue weighted by Crippen LogP contribution is 2.13. The number of rotatable bonds is 4. The van der Waals surface area contributed by atoms with Crippen LogP contribution >= 0.6 is 0 Å². The van der Waals surface area contributed by atoms with Crippen molar-refractivity contribution in [1.29, 1.82) is 0 Å². The predicted molar refractivity (Wildman–Crippen MR) is 77.2 cm³/mol. The standard InChI is InChI=1S/C14H14BNO4/c1-20-13-7-5-10(6-8-13)14(17)16-12-4-2-3-11(9-12)15(18)19/h2-9,18-19H,1H3,(H,16,17). The summed E-state index contributed by atoms with van der Waals surface area (Å²) >= 11 is 0. The summed E-state index contributed by atoms with van der Waals surface area (Å²) in [5.41, 5.74) is 1.30. The quantitative estimate of drug-likeness (QED) is 0.712. The Morgan fingerprint density at radius 2 is 1.85 bits per heavy atom. The second-order valence-electron chi connectivity index (χ2n) is 4.18. The van der Waals surface area contributed by atoms with Gasteiger partial charge in [0.1, 0.15) is 5.75 Å². The maximum atomic E-state index is 12.0. The van der Waals surface area contributed by atoms with Gasteiger partial charge in [0.25, 0.3) is 5.91 Å². The highest BCUT2D eigenvalue weighted by molar-refractivity contribution is 6.58. The van der Waals surface area contributed by atoms with Gasteiger partial charge in [0, 0.05) is 11.3 Å². The number of nitrogens with one attached hydrogen (secondary N) is 1. The van der Waals surface area contributed by atoms with Crippen LogP contribution in [0.5, 0.6) is 5.75 Å². The molecule has 0 saturated carbocycles. The molecule has 2 aromatic carbocycles. The maximum Gasteiger partial charge on any atom is 0.488 e. The topological polar surface area (TPSA) is 78.8 Å². The molecule has 6 heteroatoms. The van der Waals surface area contributed by atoms with Crippen molar-refractivity contribution in [2.24, 2.45) is 0 Å². The third kappa shape index (κ3) is 3.37. The van der Waals surface area contributed by atoms with Crippen molar-refractivity contribution in [2.75, 3.05) is 12.4 Å². The van der Waals surface area contributed by atoms with Gasteiger partial charge in [-0.2, -0.15) is 0 Å². The fraction of sp³-hybridized carbons (Fsp3) is 0.0714. The Balaban J connectivity index is 2.12. The molecule has 0 spiro atoms. The number of benzene rings is 2. The van der Waals surface area contributed by atoms with Crippen LogP contribution in [0.4, 0.5) is 5.69 Å². The van der Waals surface area contributed by atoms with E-state index in [1.807, 2.05) is 0 Å². The molecule has 0 aliphatic rings. The molecule has 5 nitrogen and oxygen atoms in total. The molecule has 0 bridgehead atoms. The van der Waals surface area contributed by atoms with Crippen LogP contribution < -0.4 is 15.5 Å². The summed E-state index contributed by atoms with van der Waals surface area (Å²) in [6.45, 7) is 0. The molecule has 0 aromatic heterocycles. The van der Waals surface area contributed by atoms with E-state index in [2.05, 4.69) is 5.32 Å². The largest absolute Gasteiger partial charge is 0.497 e. The van der Waals surface area contributed by atoms with Crippen molar-refractivity contribution < 1.29 is 19.6 Å². The van der Waals surface area contributed by atoms with Gasteiger partial charge in [-0.1, -0.05) is 12.1 Å². The molecule has 0 heterocycles. The third-order valence-electron chi connectivity index (χ3n) is 2.79. The van der Waals surface area contributed by atoms with E-state index in [0.29, 0.717) is 22.5 Å². The number of carbonyl (C=O) groups excluding carboxylic acids is 1. The fourth-order valence-corrected chi connectivity index (χ4v) is 1.72. The zero-order valence-electron chi connectivity index (χ0n) is 10.9. The molecule has 2 aromatic rings.